The van der Waals surface area contributed by atoms with Gasteiger partial charge in [0.2, 0.25) is 0 Å². The summed E-state index contributed by atoms with van der Waals surface area (Å²) in [5.74, 6) is 0. The van der Waals surface area contributed by atoms with Crippen molar-refractivity contribution >= 4 is 0 Å². The van der Waals surface area contributed by atoms with Gasteiger partial charge in [-0.2, -0.15) is 0 Å². The molecule has 0 unspecified atom stereocenters. The fourth-order valence-corrected chi connectivity index (χ4v) is 1.08. The molecule has 16 heavy (non-hydrogen) atoms. The number of allylic oxidation sites excluding steroid dienone is 9. The summed E-state index contributed by atoms with van der Waals surface area (Å²) in [5.41, 5.74) is 2.51. The molecular weight excluding hydrogens is 192 g/mol. The monoisotopic (exact) mass is 218 g/mol. The van der Waals surface area contributed by atoms with Crippen LogP contribution in [0.4, 0.5) is 0 Å². The first-order valence-electron chi connectivity index (χ1n) is 6.05. The summed E-state index contributed by atoms with van der Waals surface area (Å²) in [4.78, 5) is 0. The molecular formula is C16H26. The van der Waals surface area contributed by atoms with Crippen molar-refractivity contribution in [2.75, 3.05) is 0 Å². The van der Waals surface area contributed by atoms with Crippen LogP contribution >= 0.6 is 0 Å². The zero-order valence-corrected chi connectivity index (χ0v) is 11.5. The van der Waals surface area contributed by atoms with Crippen LogP contribution in [0.1, 0.15) is 41.0 Å². The SMILES string of the molecule is C=C\C=C/C(/C=C\CC)=C(C)/C=C\C.CC. The largest absolute Gasteiger partial charge is 0.0991 e. The topological polar surface area (TPSA) is 0 Å². The van der Waals surface area contributed by atoms with E-state index in [0.717, 1.165) is 6.42 Å². The van der Waals surface area contributed by atoms with E-state index in [0.29, 0.717) is 0 Å². The van der Waals surface area contributed by atoms with Crippen LogP contribution in [0.3, 0.4) is 0 Å². The lowest BCUT2D eigenvalue weighted by molar-refractivity contribution is 1.22. The molecule has 0 aliphatic carbocycles. The van der Waals surface area contributed by atoms with Gasteiger partial charge in [0.1, 0.15) is 0 Å². The smallest absolute Gasteiger partial charge is 0.0231 e. The Morgan fingerprint density at radius 3 is 2.19 bits per heavy atom. The average Bonchev–Trinajstić information content (AvgIpc) is 2.32. The highest BCUT2D eigenvalue weighted by atomic mass is 14.0. The Bertz CT molecular complexity index is 272. The summed E-state index contributed by atoms with van der Waals surface area (Å²) in [7, 11) is 0. The van der Waals surface area contributed by atoms with Gasteiger partial charge in [0.25, 0.3) is 0 Å². The molecule has 0 N–H and O–H groups in total. The van der Waals surface area contributed by atoms with Crippen LogP contribution in [0, 0.1) is 0 Å². The van der Waals surface area contributed by atoms with E-state index in [4.69, 9.17) is 0 Å². The Labute approximate surface area is 102 Å². The Kier molecular flexibility index (Phi) is 14.6. The predicted octanol–water partition coefficient (Wildman–Crippen LogP) is 5.61. The first-order chi connectivity index (χ1) is 7.76. The van der Waals surface area contributed by atoms with E-state index in [1.807, 2.05) is 26.8 Å². The fraction of sp³-hybridized carbons (Fsp3) is 0.375. The molecule has 0 aromatic rings. The van der Waals surface area contributed by atoms with Crippen LogP contribution in [0.25, 0.3) is 0 Å². The molecule has 0 heteroatoms. The van der Waals surface area contributed by atoms with Crippen molar-refractivity contribution < 1.29 is 0 Å². The number of hydrogen-bond acceptors (Lipinski definition) is 0. The van der Waals surface area contributed by atoms with E-state index >= 15 is 0 Å². The van der Waals surface area contributed by atoms with Gasteiger partial charge in [0.05, 0.1) is 0 Å². The molecule has 0 aliphatic rings. The van der Waals surface area contributed by atoms with E-state index in [1.54, 1.807) is 6.08 Å². The van der Waals surface area contributed by atoms with Crippen molar-refractivity contribution in [3.8, 4) is 0 Å². The van der Waals surface area contributed by atoms with Crippen molar-refractivity contribution in [1.29, 1.82) is 0 Å². The second kappa shape index (κ2) is 13.7. The van der Waals surface area contributed by atoms with Crippen LogP contribution < -0.4 is 0 Å². The normalized spacial score (nSPS) is 12.8. The first-order valence-corrected chi connectivity index (χ1v) is 6.05. The van der Waals surface area contributed by atoms with Crippen LogP contribution in [0.2, 0.25) is 0 Å². The second-order valence-corrected chi connectivity index (χ2v) is 3.04. The lowest BCUT2D eigenvalue weighted by Gasteiger charge is -1.98. The highest BCUT2D eigenvalue weighted by Crippen LogP contribution is 2.09. The average molecular weight is 218 g/mol. The van der Waals surface area contributed by atoms with E-state index in [-0.39, 0.29) is 0 Å². The second-order valence-electron chi connectivity index (χ2n) is 3.04. The number of rotatable bonds is 5. The molecule has 0 amide bonds. The Balaban J connectivity index is 0. The van der Waals surface area contributed by atoms with E-state index in [1.165, 1.54) is 11.1 Å². The molecule has 0 spiro atoms. The molecule has 0 aromatic carbocycles. The minimum Gasteiger partial charge on any atom is -0.0991 e. The summed E-state index contributed by atoms with van der Waals surface area (Å²) < 4.78 is 0. The molecule has 0 saturated heterocycles. The summed E-state index contributed by atoms with van der Waals surface area (Å²) in [6, 6.07) is 0. The van der Waals surface area contributed by atoms with Crippen molar-refractivity contribution in [2.45, 2.75) is 41.0 Å². The summed E-state index contributed by atoms with van der Waals surface area (Å²) in [6.07, 6.45) is 15.4. The first kappa shape index (κ1) is 17.1. The van der Waals surface area contributed by atoms with Crippen molar-refractivity contribution in [1.82, 2.24) is 0 Å². The van der Waals surface area contributed by atoms with Crippen LogP contribution in [0.5, 0.6) is 0 Å². The molecule has 0 rings (SSSR count). The molecule has 0 bridgehead atoms. The Morgan fingerprint density at radius 1 is 1.12 bits per heavy atom. The molecule has 0 radical (unpaired) electrons. The summed E-state index contributed by atoms with van der Waals surface area (Å²) in [6.45, 7) is 13.9. The van der Waals surface area contributed by atoms with Gasteiger partial charge in [-0.05, 0) is 31.4 Å². The van der Waals surface area contributed by atoms with Gasteiger partial charge in [-0.3, -0.25) is 0 Å². The summed E-state index contributed by atoms with van der Waals surface area (Å²) in [5, 5.41) is 0. The van der Waals surface area contributed by atoms with Gasteiger partial charge in [-0.1, -0.05) is 69.9 Å². The molecule has 90 valence electrons. The molecule has 0 heterocycles. The van der Waals surface area contributed by atoms with Crippen molar-refractivity contribution in [3.05, 3.63) is 60.3 Å². The lowest BCUT2D eigenvalue weighted by Crippen LogP contribution is -1.78. The quantitative estimate of drug-likeness (QED) is 0.526. The zero-order chi connectivity index (χ0) is 12.8. The van der Waals surface area contributed by atoms with Crippen LogP contribution in [0.15, 0.2) is 60.3 Å². The van der Waals surface area contributed by atoms with Gasteiger partial charge in [-0.15, -0.1) is 0 Å². The van der Waals surface area contributed by atoms with E-state index in [2.05, 4.69) is 50.8 Å². The third kappa shape index (κ3) is 9.26. The maximum Gasteiger partial charge on any atom is -0.0231 e. The standard InChI is InChI=1S/C14H20.C2H6/c1-5-8-11-14(12-9-6-2)13(4)10-7-3;1-2/h5,7-12H,1,6H2,2-4H3;1-2H3/b10-7-,11-8-,12-9-,14-13-;. The third-order valence-corrected chi connectivity index (χ3v) is 1.82. The number of hydrogen-bond donors (Lipinski definition) is 0. The lowest BCUT2D eigenvalue weighted by atomic mass is 10.1. The van der Waals surface area contributed by atoms with Gasteiger partial charge in [0.15, 0.2) is 0 Å². The minimum absolute atomic E-state index is 1.06. The van der Waals surface area contributed by atoms with Crippen LogP contribution in [-0.4, -0.2) is 0 Å². The van der Waals surface area contributed by atoms with Crippen LogP contribution in [-0.2, 0) is 0 Å². The Morgan fingerprint density at radius 2 is 1.75 bits per heavy atom. The van der Waals surface area contributed by atoms with Crippen molar-refractivity contribution in [2.24, 2.45) is 0 Å². The van der Waals surface area contributed by atoms with Gasteiger partial charge < -0.3 is 0 Å². The van der Waals surface area contributed by atoms with Crippen molar-refractivity contribution in [3.63, 3.8) is 0 Å². The summed E-state index contributed by atoms with van der Waals surface area (Å²) >= 11 is 0. The highest BCUT2D eigenvalue weighted by molar-refractivity contribution is 5.40. The molecule has 0 fully saturated rings. The zero-order valence-electron chi connectivity index (χ0n) is 11.5. The maximum atomic E-state index is 3.67. The third-order valence-electron chi connectivity index (χ3n) is 1.82. The van der Waals surface area contributed by atoms with Gasteiger partial charge in [-0.25, -0.2) is 0 Å². The molecule has 0 atom stereocenters. The Hall–Kier alpha value is -1.30. The van der Waals surface area contributed by atoms with Gasteiger partial charge in [0, 0.05) is 0 Å². The fourth-order valence-electron chi connectivity index (χ4n) is 1.08. The van der Waals surface area contributed by atoms with E-state index < -0.39 is 0 Å². The molecule has 0 saturated carbocycles. The highest BCUT2D eigenvalue weighted by Gasteiger charge is 1.89. The minimum atomic E-state index is 1.06. The predicted molar refractivity (Wildman–Crippen MR) is 77.6 cm³/mol. The van der Waals surface area contributed by atoms with Gasteiger partial charge >= 0.3 is 0 Å². The molecule has 0 nitrogen and oxygen atoms in total. The molecule has 0 aliphatic heterocycles. The van der Waals surface area contributed by atoms with E-state index in [9.17, 15) is 0 Å². The molecule has 0 aromatic heterocycles. The maximum absolute atomic E-state index is 3.67.